The summed E-state index contributed by atoms with van der Waals surface area (Å²) in [5.74, 6) is 1.70. The van der Waals surface area contributed by atoms with Crippen LogP contribution in [0.4, 0.5) is 5.82 Å². The molecule has 0 aliphatic heterocycles. The summed E-state index contributed by atoms with van der Waals surface area (Å²) in [4.78, 5) is 10.9. The monoisotopic (exact) mass is 248 g/mol. The van der Waals surface area contributed by atoms with Gasteiger partial charge in [0.25, 0.3) is 5.91 Å². The molecule has 0 spiro atoms. The second-order valence-corrected chi connectivity index (χ2v) is 5.19. The van der Waals surface area contributed by atoms with Crippen molar-refractivity contribution in [1.82, 2.24) is 10.2 Å². The smallest absolute Gasteiger partial charge is 0.269 e. The summed E-state index contributed by atoms with van der Waals surface area (Å²) in [6.07, 6.45) is 5.23. The van der Waals surface area contributed by atoms with Gasteiger partial charge in [-0.1, -0.05) is 19.8 Å². The minimum Gasteiger partial charge on any atom is -0.368 e. The van der Waals surface area contributed by atoms with Gasteiger partial charge < -0.3 is 11.1 Å². The lowest BCUT2D eigenvalue weighted by molar-refractivity contribution is 0.0994. The zero-order valence-electron chi connectivity index (χ0n) is 10.7. The van der Waals surface area contributed by atoms with Crippen molar-refractivity contribution in [2.24, 2.45) is 17.6 Å². The maximum Gasteiger partial charge on any atom is 0.269 e. The van der Waals surface area contributed by atoms with Crippen molar-refractivity contribution in [3.05, 3.63) is 17.8 Å². The number of primary amides is 1. The Hall–Kier alpha value is -1.65. The maximum atomic E-state index is 10.9. The van der Waals surface area contributed by atoms with Crippen LogP contribution in [-0.4, -0.2) is 22.6 Å². The van der Waals surface area contributed by atoms with Crippen LogP contribution in [0.15, 0.2) is 12.1 Å². The normalized spacial score (nSPS) is 23.6. The molecule has 1 aliphatic carbocycles. The van der Waals surface area contributed by atoms with Crippen LogP contribution in [-0.2, 0) is 0 Å². The summed E-state index contributed by atoms with van der Waals surface area (Å²) in [6.45, 7) is 3.24. The molecule has 1 aromatic rings. The Morgan fingerprint density at radius 3 is 2.89 bits per heavy atom. The van der Waals surface area contributed by atoms with Gasteiger partial charge >= 0.3 is 0 Å². The fourth-order valence-electron chi connectivity index (χ4n) is 2.55. The molecule has 1 aromatic heterocycles. The lowest BCUT2D eigenvalue weighted by Gasteiger charge is -2.26. The SMILES string of the molecule is CC1CCCC(CNc2ccc(C(N)=O)nn2)C1. The Bertz CT molecular complexity index is 404. The van der Waals surface area contributed by atoms with Crippen LogP contribution in [0.3, 0.4) is 0 Å². The van der Waals surface area contributed by atoms with Gasteiger partial charge in [-0.3, -0.25) is 4.79 Å². The van der Waals surface area contributed by atoms with E-state index >= 15 is 0 Å². The molecule has 2 unspecified atom stereocenters. The number of nitrogens with two attached hydrogens (primary N) is 1. The van der Waals surface area contributed by atoms with Crippen LogP contribution in [0.5, 0.6) is 0 Å². The van der Waals surface area contributed by atoms with Crippen LogP contribution in [0, 0.1) is 11.8 Å². The molecule has 0 aromatic carbocycles. The molecule has 1 saturated carbocycles. The molecule has 3 N–H and O–H groups in total. The number of carbonyl (C=O) groups is 1. The van der Waals surface area contributed by atoms with E-state index in [1.54, 1.807) is 12.1 Å². The summed E-state index contributed by atoms with van der Waals surface area (Å²) in [6, 6.07) is 3.35. The predicted molar refractivity (Wildman–Crippen MR) is 70.2 cm³/mol. The van der Waals surface area contributed by atoms with Gasteiger partial charge in [0.1, 0.15) is 5.82 Å². The molecular weight excluding hydrogens is 228 g/mol. The fraction of sp³-hybridized carbons (Fsp3) is 0.615. The minimum absolute atomic E-state index is 0.201. The number of aromatic nitrogens is 2. The van der Waals surface area contributed by atoms with E-state index in [4.69, 9.17) is 5.73 Å². The number of nitrogens with zero attached hydrogens (tertiary/aromatic N) is 2. The van der Waals surface area contributed by atoms with Crippen molar-refractivity contribution in [3.63, 3.8) is 0 Å². The first kappa shape index (κ1) is 12.8. The number of amides is 1. The molecule has 18 heavy (non-hydrogen) atoms. The van der Waals surface area contributed by atoms with E-state index in [-0.39, 0.29) is 5.69 Å². The molecule has 0 saturated heterocycles. The van der Waals surface area contributed by atoms with Gasteiger partial charge in [0.15, 0.2) is 5.69 Å². The number of carbonyl (C=O) groups excluding carboxylic acids is 1. The molecule has 1 fully saturated rings. The zero-order valence-corrected chi connectivity index (χ0v) is 10.7. The van der Waals surface area contributed by atoms with Crippen molar-refractivity contribution >= 4 is 11.7 Å². The lowest BCUT2D eigenvalue weighted by Crippen LogP contribution is -2.21. The first-order valence-electron chi connectivity index (χ1n) is 6.52. The Kier molecular flexibility index (Phi) is 4.12. The van der Waals surface area contributed by atoms with Crippen LogP contribution in [0.2, 0.25) is 0 Å². The highest BCUT2D eigenvalue weighted by Gasteiger charge is 2.18. The van der Waals surface area contributed by atoms with Crippen molar-refractivity contribution in [1.29, 1.82) is 0 Å². The summed E-state index contributed by atoms with van der Waals surface area (Å²) >= 11 is 0. The molecule has 5 heteroatoms. The van der Waals surface area contributed by atoms with Crippen LogP contribution < -0.4 is 11.1 Å². The number of rotatable bonds is 4. The van der Waals surface area contributed by atoms with Gasteiger partial charge in [-0.15, -0.1) is 10.2 Å². The van der Waals surface area contributed by atoms with Gasteiger partial charge in [0, 0.05) is 6.54 Å². The first-order chi connectivity index (χ1) is 8.65. The largest absolute Gasteiger partial charge is 0.368 e. The quantitative estimate of drug-likeness (QED) is 0.851. The van der Waals surface area contributed by atoms with E-state index < -0.39 is 5.91 Å². The van der Waals surface area contributed by atoms with Gasteiger partial charge in [-0.05, 0) is 36.8 Å². The van der Waals surface area contributed by atoms with Crippen LogP contribution in [0.1, 0.15) is 43.1 Å². The fourth-order valence-corrected chi connectivity index (χ4v) is 2.55. The van der Waals surface area contributed by atoms with E-state index in [9.17, 15) is 4.79 Å². The highest BCUT2D eigenvalue weighted by Crippen LogP contribution is 2.28. The molecule has 5 nitrogen and oxygen atoms in total. The third kappa shape index (κ3) is 3.42. The standard InChI is InChI=1S/C13H20N4O/c1-9-3-2-4-10(7-9)8-15-12-6-5-11(13(14)18)16-17-12/h5-6,9-10H,2-4,7-8H2,1H3,(H2,14,18)(H,15,17). The molecular formula is C13H20N4O. The van der Waals surface area contributed by atoms with Gasteiger partial charge in [0.2, 0.25) is 0 Å². The van der Waals surface area contributed by atoms with Gasteiger partial charge in [-0.25, -0.2) is 0 Å². The molecule has 1 amide bonds. The minimum atomic E-state index is -0.546. The molecule has 1 heterocycles. The molecule has 0 bridgehead atoms. The van der Waals surface area contributed by atoms with Gasteiger partial charge in [0.05, 0.1) is 0 Å². The lowest BCUT2D eigenvalue weighted by atomic mass is 9.82. The Morgan fingerprint density at radius 2 is 2.28 bits per heavy atom. The van der Waals surface area contributed by atoms with Crippen molar-refractivity contribution in [2.75, 3.05) is 11.9 Å². The van der Waals surface area contributed by atoms with E-state index in [0.29, 0.717) is 11.7 Å². The Morgan fingerprint density at radius 1 is 1.44 bits per heavy atom. The van der Waals surface area contributed by atoms with Crippen LogP contribution in [0.25, 0.3) is 0 Å². The Balaban J connectivity index is 1.84. The van der Waals surface area contributed by atoms with Crippen LogP contribution >= 0.6 is 0 Å². The molecule has 0 radical (unpaired) electrons. The van der Waals surface area contributed by atoms with Gasteiger partial charge in [-0.2, -0.15) is 0 Å². The average molecular weight is 248 g/mol. The summed E-state index contributed by atoms with van der Waals surface area (Å²) in [5, 5.41) is 11.0. The first-order valence-corrected chi connectivity index (χ1v) is 6.52. The van der Waals surface area contributed by atoms with E-state index in [0.717, 1.165) is 12.5 Å². The molecule has 1 aliphatic rings. The number of hydrogen-bond donors (Lipinski definition) is 2. The van der Waals surface area contributed by atoms with Crippen molar-refractivity contribution in [3.8, 4) is 0 Å². The number of nitrogens with one attached hydrogen (secondary N) is 1. The average Bonchev–Trinajstić information content (AvgIpc) is 2.37. The third-order valence-electron chi connectivity index (χ3n) is 3.53. The Labute approximate surface area is 107 Å². The highest BCUT2D eigenvalue weighted by molar-refractivity contribution is 5.90. The maximum absolute atomic E-state index is 10.9. The summed E-state index contributed by atoms with van der Waals surface area (Å²) < 4.78 is 0. The second-order valence-electron chi connectivity index (χ2n) is 5.19. The topological polar surface area (TPSA) is 80.9 Å². The predicted octanol–water partition coefficient (Wildman–Crippen LogP) is 1.81. The molecule has 2 atom stereocenters. The number of anilines is 1. The highest BCUT2D eigenvalue weighted by atomic mass is 16.1. The molecule has 98 valence electrons. The van der Waals surface area contributed by atoms with E-state index in [1.807, 2.05) is 0 Å². The summed E-state index contributed by atoms with van der Waals surface area (Å²) in [7, 11) is 0. The second kappa shape index (κ2) is 5.80. The number of hydrogen-bond acceptors (Lipinski definition) is 4. The summed E-state index contributed by atoms with van der Waals surface area (Å²) in [5.41, 5.74) is 5.31. The van der Waals surface area contributed by atoms with Crippen molar-refractivity contribution < 1.29 is 4.79 Å². The van der Waals surface area contributed by atoms with E-state index in [2.05, 4.69) is 22.4 Å². The third-order valence-corrected chi connectivity index (χ3v) is 3.53. The zero-order chi connectivity index (χ0) is 13.0. The molecule has 2 rings (SSSR count). The van der Waals surface area contributed by atoms with Crippen molar-refractivity contribution in [2.45, 2.75) is 32.6 Å². The van der Waals surface area contributed by atoms with E-state index in [1.165, 1.54) is 25.7 Å².